The molecule has 0 amide bonds. The summed E-state index contributed by atoms with van der Waals surface area (Å²) in [4.78, 5) is 11.6. The van der Waals surface area contributed by atoms with Crippen LogP contribution in [0.5, 0.6) is 0 Å². The Kier molecular flexibility index (Phi) is 5.38. The number of halogens is 1. The number of esters is 1. The van der Waals surface area contributed by atoms with Gasteiger partial charge >= 0.3 is 5.97 Å². The van der Waals surface area contributed by atoms with E-state index in [2.05, 4.69) is 4.74 Å². The van der Waals surface area contributed by atoms with Gasteiger partial charge in [-0.1, -0.05) is 0 Å². The molecule has 1 heterocycles. The fraction of sp³-hybridized carbons (Fsp3) is 0.533. The highest BCUT2D eigenvalue weighted by atomic mass is 32.2. The quantitative estimate of drug-likeness (QED) is 0.833. The Morgan fingerprint density at radius 1 is 1.48 bits per heavy atom. The van der Waals surface area contributed by atoms with E-state index in [9.17, 15) is 17.6 Å². The summed E-state index contributed by atoms with van der Waals surface area (Å²) in [5, 5.41) is 0. The van der Waals surface area contributed by atoms with Crippen molar-refractivity contribution in [3.63, 3.8) is 0 Å². The summed E-state index contributed by atoms with van der Waals surface area (Å²) in [6, 6.07) is 2.88. The number of nitrogens with two attached hydrogens (primary N) is 1. The van der Waals surface area contributed by atoms with Gasteiger partial charge in [-0.25, -0.2) is 17.6 Å². The van der Waals surface area contributed by atoms with Gasteiger partial charge in [0.05, 0.1) is 17.6 Å². The fourth-order valence-corrected chi connectivity index (χ4v) is 4.45. The van der Waals surface area contributed by atoms with E-state index in [1.54, 1.807) is 0 Å². The number of benzene rings is 1. The highest BCUT2D eigenvalue weighted by Crippen LogP contribution is 2.27. The van der Waals surface area contributed by atoms with Crippen molar-refractivity contribution >= 4 is 16.0 Å². The molecule has 0 bridgehead atoms. The molecule has 0 aromatic heterocycles. The summed E-state index contributed by atoms with van der Waals surface area (Å²) in [6.45, 7) is 2.49. The molecule has 6 nitrogen and oxygen atoms in total. The first-order valence-corrected chi connectivity index (χ1v) is 8.85. The number of sulfonamides is 1. The summed E-state index contributed by atoms with van der Waals surface area (Å²) >= 11 is 0. The van der Waals surface area contributed by atoms with Crippen molar-refractivity contribution in [3.05, 3.63) is 29.6 Å². The zero-order valence-electron chi connectivity index (χ0n) is 13.2. The van der Waals surface area contributed by atoms with Gasteiger partial charge in [0.1, 0.15) is 5.82 Å². The topological polar surface area (TPSA) is 89.7 Å². The highest BCUT2D eigenvalue weighted by molar-refractivity contribution is 7.89. The molecule has 0 spiro atoms. The highest BCUT2D eigenvalue weighted by Gasteiger charge is 2.34. The summed E-state index contributed by atoms with van der Waals surface area (Å²) < 4.78 is 45.0. The van der Waals surface area contributed by atoms with Crippen LogP contribution in [-0.4, -0.2) is 44.9 Å². The summed E-state index contributed by atoms with van der Waals surface area (Å²) in [7, 11) is -2.80. The lowest BCUT2D eigenvalue weighted by molar-refractivity contribution is 0.0595. The zero-order valence-corrected chi connectivity index (χ0v) is 14.0. The number of carbonyl (C=O) groups excluding carboxylic acids is 1. The first-order valence-electron chi connectivity index (χ1n) is 7.41. The molecule has 2 unspecified atom stereocenters. The van der Waals surface area contributed by atoms with Gasteiger partial charge < -0.3 is 10.5 Å². The lowest BCUT2D eigenvalue weighted by Crippen LogP contribution is -2.45. The van der Waals surface area contributed by atoms with E-state index in [1.807, 2.05) is 6.92 Å². The van der Waals surface area contributed by atoms with Gasteiger partial charge in [-0.15, -0.1) is 0 Å². The molecule has 0 radical (unpaired) electrons. The van der Waals surface area contributed by atoms with E-state index in [4.69, 9.17) is 5.73 Å². The molecule has 1 saturated heterocycles. The third-order valence-corrected chi connectivity index (χ3v) is 6.05. The Morgan fingerprint density at radius 2 is 2.17 bits per heavy atom. The SMILES string of the molecule is COC(=O)c1cc(F)ccc1S(=O)(=O)N1CCCC(C(C)N)C1. The first-order chi connectivity index (χ1) is 10.8. The van der Waals surface area contributed by atoms with Crippen molar-refractivity contribution in [1.82, 2.24) is 4.31 Å². The molecule has 1 aliphatic rings. The van der Waals surface area contributed by atoms with Crippen LogP contribution in [0.15, 0.2) is 23.1 Å². The Morgan fingerprint density at radius 3 is 2.78 bits per heavy atom. The van der Waals surface area contributed by atoms with E-state index in [-0.39, 0.29) is 29.0 Å². The number of hydrogen-bond acceptors (Lipinski definition) is 5. The van der Waals surface area contributed by atoms with Gasteiger partial charge in [0.25, 0.3) is 0 Å². The summed E-state index contributed by atoms with van der Waals surface area (Å²) in [5.74, 6) is -1.53. The lowest BCUT2D eigenvalue weighted by Gasteiger charge is -2.34. The number of hydrogen-bond donors (Lipinski definition) is 1. The fourth-order valence-electron chi connectivity index (χ4n) is 2.76. The Labute approximate surface area is 135 Å². The largest absolute Gasteiger partial charge is 0.465 e. The number of nitrogens with zero attached hydrogens (tertiary/aromatic N) is 1. The van der Waals surface area contributed by atoms with Crippen LogP contribution >= 0.6 is 0 Å². The first kappa shape index (κ1) is 17.8. The standard InChI is InChI=1S/C15H21FN2O4S/c1-10(17)11-4-3-7-18(9-11)23(20,21)14-6-5-12(16)8-13(14)15(19)22-2/h5-6,8,10-11H,3-4,7,9,17H2,1-2H3. The average Bonchev–Trinajstić information content (AvgIpc) is 2.53. The predicted octanol–water partition coefficient (Wildman–Crippen LogP) is 1.36. The van der Waals surface area contributed by atoms with Gasteiger partial charge in [0.2, 0.25) is 10.0 Å². The van der Waals surface area contributed by atoms with Crippen molar-refractivity contribution in [3.8, 4) is 0 Å². The second kappa shape index (κ2) is 6.94. The van der Waals surface area contributed by atoms with Gasteiger partial charge in [-0.05, 0) is 43.9 Å². The molecule has 1 fully saturated rings. The number of ether oxygens (including phenoxy) is 1. The Hall–Kier alpha value is -1.51. The maximum Gasteiger partial charge on any atom is 0.339 e. The minimum Gasteiger partial charge on any atom is -0.465 e. The Bertz CT molecular complexity index is 691. The van der Waals surface area contributed by atoms with E-state index in [0.29, 0.717) is 13.0 Å². The van der Waals surface area contributed by atoms with Crippen molar-refractivity contribution in [2.45, 2.75) is 30.7 Å². The second-order valence-electron chi connectivity index (χ2n) is 5.76. The Balaban J connectivity index is 2.42. The van der Waals surface area contributed by atoms with Crippen molar-refractivity contribution in [2.75, 3.05) is 20.2 Å². The second-order valence-corrected chi connectivity index (χ2v) is 7.66. The monoisotopic (exact) mass is 344 g/mol. The number of rotatable bonds is 4. The average molecular weight is 344 g/mol. The third-order valence-electron chi connectivity index (χ3n) is 4.13. The van der Waals surface area contributed by atoms with E-state index < -0.39 is 21.8 Å². The molecular formula is C15H21FN2O4S. The molecular weight excluding hydrogens is 323 g/mol. The van der Waals surface area contributed by atoms with Crippen molar-refractivity contribution < 1.29 is 22.3 Å². The molecule has 2 N–H and O–H groups in total. The van der Waals surface area contributed by atoms with Gasteiger partial charge in [0, 0.05) is 19.1 Å². The van der Waals surface area contributed by atoms with Crippen LogP contribution in [0.1, 0.15) is 30.1 Å². The van der Waals surface area contributed by atoms with Gasteiger partial charge in [0.15, 0.2) is 0 Å². The molecule has 8 heteroatoms. The van der Waals surface area contributed by atoms with Gasteiger partial charge in [-0.3, -0.25) is 0 Å². The summed E-state index contributed by atoms with van der Waals surface area (Å²) in [6.07, 6.45) is 1.55. The van der Waals surface area contributed by atoms with E-state index >= 15 is 0 Å². The van der Waals surface area contributed by atoms with Crippen LogP contribution in [0.25, 0.3) is 0 Å². The molecule has 0 saturated carbocycles. The smallest absolute Gasteiger partial charge is 0.339 e. The molecule has 1 aliphatic heterocycles. The van der Waals surface area contributed by atoms with Crippen molar-refractivity contribution in [2.24, 2.45) is 11.7 Å². The van der Waals surface area contributed by atoms with E-state index in [1.165, 1.54) is 4.31 Å². The van der Waals surface area contributed by atoms with Gasteiger partial charge in [-0.2, -0.15) is 4.31 Å². The van der Waals surface area contributed by atoms with E-state index in [0.717, 1.165) is 31.7 Å². The normalized spacial score (nSPS) is 21.0. The molecule has 1 aromatic carbocycles. The van der Waals surface area contributed by atoms with Crippen LogP contribution in [0, 0.1) is 11.7 Å². The number of methoxy groups -OCH3 is 1. The van der Waals surface area contributed by atoms with Crippen LogP contribution in [0.2, 0.25) is 0 Å². The maximum absolute atomic E-state index is 13.4. The summed E-state index contributed by atoms with van der Waals surface area (Å²) in [5.41, 5.74) is 5.59. The molecule has 1 aromatic rings. The molecule has 2 atom stereocenters. The molecule has 2 rings (SSSR count). The third kappa shape index (κ3) is 3.70. The number of carbonyl (C=O) groups is 1. The number of piperidine rings is 1. The van der Waals surface area contributed by atoms with Crippen LogP contribution in [0.4, 0.5) is 4.39 Å². The molecule has 128 valence electrons. The molecule has 0 aliphatic carbocycles. The minimum atomic E-state index is -3.92. The van der Waals surface area contributed by atoms with Crippen molar-refractivity contribution in [1.29, 1.82) is 0 Å². The predicted molar refractivity (Wildman–Crippen MR) is 82.9 cm³/mol. The van der Waals surface area contributed by atoms with Crippen LogP contribution in [-0.2, 0) is 14.8 Å². The van der Waals surface area contributed by atoms with Crippen LogP contribution < -0.4 is 5.73 Å². The lowest BCUT2D eigenvalue weighted by atomic mass is 9.93. The van der Waals surface area contributed by atoms with Crippen LogP contribution in [0.3, 0.4) is 0 Å². The molecule has 23 heavy (non-hydrogen) atoms. The maximum atomic E-state index is 13.4. The zero-order chi connectivity index (χ0) is 17.2. The minimum absolute atomic E-state index is 0.0561.